The van der Waals surface area contributed by atoms with Gasteiger partial charge in [0.05, 0.1) is 39.9 Å². The number of nitrogens with one attached hydrogen (secondary N) is 1. The van der Waals surface area contributed by atoms with Gasteiger partial charge in [-0.2, -0.15) is 0 Å². The van der Waals surface area contributed by atoms with Gasteiger partial charge < -0.3 is 19.8 Å². The van der Waals surface area contributed by atoms with Crippen LogP contribution in [-0.2, 0) is 18.4 Å². The molecule has 0 fully saturated rings. The maximum absolute atomic E-state index is 13.0. The zero-order valence-electron chi connectivity index (χ0n) is 47.6. The second-order valence-electron chi connectivity index (χ2n) is 20.6. The van der Waals surface area contributed by atoms with Gasteiger partial charge in [0, 0.05) is 6.42 Å². The molecule has 418 valence electrons. The zero-order valence-corrected chi connectivity index (χ0v) is 48.5. The van der Waals surface area contributed by atoms with Crippen LogP contribution in [0.4, 0.5) is 0 Å². The molecule has 3 unspecified atom stereocenters. The number of phosphoric acid groups is 1. The number of likely N-dealkylation sites (N-methyl/N-ethyl adjacent to an activating group) is 1. The number of hydrogen-bond acceptors (Lipinski definition) is 5. The highest BCUT2D eigenvalue weighted by atomic mass is 31.2. The maximum Gasteiger partial charge on any atom is 0.472 e. The summed E-state index contributed by atoms with van der Waals surface area (Å²) in [7, 11) is 1.59. The van der Waals surface area contributed by atoms with Gasteiger partial charge in [0.15, 0.2) is 0 Å². The first kappa shape index (κ1) is 69.9. The Morgan fingerprint density at radius 2 is 0.822 bits per heavy atom. The average Bonchev–Trinajstić information content (AvgIpc) is 3.35. The highest BCUT2D eigenvalue weighted by Gasteiger charge is 2.28. The summed E-state index contributed by atoms with van der Waals surface area (Å²) in [6.07, 6.45) is 79.7. The molecule has 73 heavy (non-hydrogen) atoms. The summed E-state index contributed by atoms with van der Waals surface area (Å²) in [5.74, 6) is -0.159. The lowest BCUT2D eigenvalue weighted by molar-refractivity contribution is -0.870. The molecule has 0 aromatic carbocycles. The van der Waals surface area contributed by atoms with Crippen LogP contribution in [0.5, 0.6) is 0 Å². The SMILES string of the molecule is CC/C=C\C/C=C\C/C=C\C/C=C\C/C=C\C/C=C\C/C=C\C/C=C\C/C=C\C/C=C\CCCCCCCCCCC(=O)NC(COP(=O)(O)OCC[N+](C)(C)C)C(O)CCCCCCCCCCCCCC. The van der Waals surface area contributed by atoms with Crippen molar-refractivity contribution in [1.29, 1.82) is 0 Å². The molecule has 0 rings (SSSR count). The lowest BCUT2D eigenvalue weighted by atomic mass is 10.0. The molecular weight excluding hydrogens is 924 g/mol. The van der Waals surface area contributed by atoms with E-state index in [2.05, 4.69) is 141 Å². The van der Waals surface area contributed by atoms with Gasteiger partial charge in [0.25, 0.3) is 0 Å². The largest absolute Gasteiger partial charge is 0.472 e. The minimum absolute atomic E-state index is 0.0673. The van der Waals surface area contributed by atoms with Crippen LogP contribution >= 0.6 is 7.82 Å². The third kappa shape index (κ3) is 56.5. The number of quaternary nitrogens is 1. The number of aliphatic hydroxyl groups is 1. The quantitative estimate of drug-likeness (QED) is 0.0243. The topological polar surface area (TPSA) is 105 Å². The van der Waals surface area contributed by atoms with Crippen LogP contribution in [0.15, 0.2) is 122 Å². The first-order chi connectivity index (χ1) is 35.5. The van der Waals surface area contributed by atoms with Gasteiger partial charge >= 0.3 is 7.82 Å². The van der Waals surface area contributed by atoms with Crippen LogP contribution < -0.4 is 5.32 Å². The first-order valence-electron chi connectivity index (χ1n) is 29.4. The number of carbonyl (C=O) groups is 1. The zero-order chi connectivity index (χ0) is 53.5. The van der Waals surface area contributed by atoms with Crippen molar-refractivity contribution in [2.24, 2.45) is 0 Å². The third-order valence-electron chi connectivity index (χ3n) is 12.5. The van der Waals surface area contributed by atoms with Crippen LogP contribution in [0.3, 0.4) is 0 Å². The molecule has 0 saturated carbocycles. The van der Waals surface area contributed by atoms with E-state index in [1.165, 1.54) is 89.9 Å². The van der Waals surface area contributed by atoms with Crippen LogP contribution in [0.1, 0.15) is 226 Å². The molecule has 0 heterocycles. The summed E-state index contributed by atoms with van der Waals surface area (Å²) in [5.41, 5.74) is 0. The minimum atomic E-state index is -4.33. The fourth-order valence-electron chi connectivity index (χ4n) is 7.90. The minimum Gasteiger partial charge on any atom is -0.391 e. The van der Waals surface area contributed by atoms with Gasteiger partial charge in [0.2, 0.25) is 5.91 Å². The van der Waals surface area contributed by atoms with Crippen molar-refractivity contribution in [3.8, 4) is 0 Å². The van der Waals surface area contributed by atoms with Crippen molar-refractivity contribution in [1.82, 2.24) is 5.32 Å². The number of amides is 1. The third-order valence-corrected chi connectivity index (χ3v) is 13.5. The monoisotopic (exact) mass is 1040 g/mol. The summed E-state index contributed by atoms with van der Waals surface area (Å²) in [4.78, 5) is 23.3. The van der Waals surface area contributed by atoms with Crippen LogP contribution in [-0.4, -0.2) is 73.4 Å². The van der Waals surface area contributed by atoms with Crippen molar-refractivity contribution in [2.75, 3.05) is 40.9 Å². The lowest BCUT2D eigenvalue weighted by Crippen LogP contribution is -2.46. The Labute approximate surface area is 450 Å². The molecule has 0 saturated heterocycles. The Morgan fingerprint density at radius 3 is 1.21 bits per heavy atom. The number of nitrogens with zero attached hydrogens (tertiary/aromatic N) is 1. The van der Waals surface area contributed by atoms with E-state index in [0.717, 1.165) is 109 Å². The van der Waals surface area contributed by atoms with E-state index in [1.54, 1.807) is 0 Å². The fraction of sp³-hybridized carbons (Fsp3) is 0.672. The normalized spacial score (nSPS) is 14.8. The highest BCUT2D eigenvalue weighted by Crippen LogP contribution is 2.43. The van der Waals surface area contributed by atoms with E-state index in [0.29, 0.717) is 23.9 Å². The van der Waals surface area contributed by atoms with E-state index in [1.807, 2.05) is 21.1 Å². The van der Waals surface area contributed by atoms with Gasteiger partial charge in [-0.3, -0.25) is 13.8 Å². The van der Waals surface area contributed by atoms with Crippen molar-refractivity contribution in [3.63, 3.8) is 0 Å². The number of carbonyl (C=O) groups excluding carboxylic acids is 1. The molecule has 3 atom stereocenters. The summed E-state index contributed by atoms with van der Waals surface area (Å²) in [6, 6.07) is -0.772. The number of unbranched alkanes of at least 4 members (excludes halogenated alkanes) is 19. The summed E-state index contributed by atoms with van der Waals surface area (Å²) < 4.78 is 23.7. The molecule has 3 N–H and O–H groups in total. The Bertz CT molecular complexity index is 1600. The Kier molecular flexibility index (Phi) is 51.4. The maximum atomic E-state index is 13.0. The molecule has 8 nitrogen and oxygen atoms in total. The predicted molar refractivity (Wildman–Crippen MR) is 318 cm³/mol. The second-order valence-corrected chi connectivity index (χ2v) is 22.1. The molecule has 0 aliphatic carbocycles. The molecule has 0 radical (unpaired) electrons. The molecule has 0 aliphatic rings. The van der Waals surface area contributed by atoms with E-state index in [-0.39, 0.29) is 19.1 Å². The van der Waals surface area contributed by atoms with E-state index < -0.39 is 20.0 Å². The summed E-state index contributed by atoms with van der Waals surface area (Å²) >= 11 is 0. The summed E-state index contributed by atoms with van der Waals surface area (Å²) in [5, 5.41) is 14.0. The molecule has 0 aromatic heterocycles. The number of hydrogen-bond donors (Lipinski definition) is 3. The Balaban J connectivity index is 4.09. The highest BCUT2D eigenvalue weighted by molar-refractivity contribution is 7.47. The number of phosphoric ester groups is 1. The van der Waals surface area contributed by atoms with Crippen molar-refractivity contribution >= 4 is 13.7 Å². The van der Waals surface area contributed by atoms with Crippen LogP contribution in [0.2, 0.25) is 0 Å². The smallest absolute Gasteiger partial charge is 0.391 e. The first-order valence-corrected chi connectivity index (χ1v) is 30.9. The molecular formula is C64H112N2O6P+. The number of rotatable bonds is 52. The molecule has 9 heteroatoms. The van der Waals surface area contributed by atoms with E-state index in [9.17, 15) is 19.4 Å². The molecule has 0 aromatic rings. The molecule has 1 amide bonds. The standard InChI is InChI=1S/C64H111N2O6P/c1-6-8-10-12-14-16-18-20-21-22-23-24-25-26-27-28-29-30-31-32-33-34-35-36-37-38-39-40-41-42-43-44-45-46-48-50-52-54-56-58-64(68)65-62(61-72-73(69,70)71-60-59-66(3,4)5)63(67)57-55-53-51-49-47-19-17-15-13-11-9-7-2/h8,10,14,16,20-21,23-24,26-27,29-30,32-33,35-36,38-39,41-42,62-63,67H,6-7,9,11-13,15,17-19,22,25,28,31,34,37,40,43-61H2,1-5H3,(H-,65,68,69,70)/p+1/b10-8-,16-14-,21-20-,24-23-,27-26-,30-29-,33-32-,36-35-,39-38-,42-41-. The van der Waals surface area contributed by atoms with Gasteiger partial charge in [-0.05, 0) is 89.9 Å². The number of allylic oxidation sites excluding steroid dienone is 20. The Morgan fingerprint density at radius 1 is 0.479 bits per heavy atom. The van der Waals surface area contributed by atoms with Crippen molar-refractivity contribution in [2.45, 2.75) is 238 Å². The van der Waals surface area contributed by atoms with Crippen LogP contribution in [0, 0.1) is 0 Å². The molecule has 0 bridgehead atoms. The second kappa shape index (κ2) is 53.7. The van der Waals surface area contributed by atoms with Gasteiger partial charge in [0.1, 0.15) is 13.2 Å². The number of aliphatic hydroxyl groups excluding tert-OH is 1. The lowest BCUT2D eigenvalue weighted by Gasteiger charge is -2.26. The van der Waals surface area contributed by atoms with E-state index in [4.69, 9.17) is 9.05 Å². The van der Waals surface area contributed by atoms with Crippen molar-refractivity contribution < 1.29 is 32.9 Å². The van der Waals surface area contributed by atoms with Gasteiger partial charge in [-0.15, -0.1) is 0 Å². The van der Waals surface area contributed by atoms with Gasteiger partial charge in [-0.25, -0.2) is 4.57 Å². The average molecular weight is 1040 g/mol. The summed E-state index contributed by atoms with van der Waals surface area (Å²) in [6.45, 7) is 4.75. The van der Waals surface area contributed by atoms with E-state index >= 15 is 0 Å². The fourth-order valence-corrected chi connectivity index (χ4v) is 8.63. The van der Waals surface area contributed by atoms with Gasteiger partial charge in [-0.1, -0.05) is 251 Å². The Hall–Kier alpha value is -3.10. The predicted octanol–water partition coefficient (Wildman–Crippen LogP) is 18.1. The molecule has 0 spiro atoms. The van der Waals surface area contributed by atoms with Crippen LogP contribution in [0.25, 0.3) is 0 Å². The van der Waals surface area contributed by atoms with Crippen molar-refractivity contribution in [3.05, 3.63) is 122 Å². The molecule has 0 aliphatic heterocycles.